The van der Waals surface area contributed by atoms with E-state index in [1.807, 2.05) is 60.7 Å². The van der Waals surface area contributed by atoms with E-state index in [2.05, 4.69) is 0 Å². The highest BCUT2D eigenvalue weighted by atomic mass is 16.6. The van der Waals surface area contributed by atoms with Crippen LogP contribution in [-0.2, 0) is 25.6 Å². The van der Waals surface area contributed by atoms with E-state index < -0.39 is 0 Å². The van der Waals surface area contributed by atoms with Gasteiger partial charge in [-0.25, -0.2) is 0 Å². The lowest BCUT2D eigenvalue weighted by molar-refractivity contribution is -0.230. The minimum atomic E-state index is -0.298. The lowest BCUT2D eigenvalue weighted by atomic mass is 9.90. The first-order chi connectivity index (χ1) is 11.8. The van der Waals surface area contributed by atoms with Crippen molar-refractivity contribution in [3.63, 3.8) is 0 Å². The highest BCUT2D eigenvalue weighted by molar-refractivity contribution is 5.71. The molecule has 4 nitrogen and oxygen atoms in total. The number of ether oxygens (including phenoxy) is 3. The molecule has 2 fully saturated rings. The summed E-state index contributed by atoms with van der Waals surface area (Å²) in [4.78, 5) is 11.8. The molecule has 2 bridgehead atoms. The Hall–Kier alpha value is -2.17. The molecule has 2 aliphatic heterocycles. The lowest BCUT2D eigenvalue weighted by Gasteiger charge is -2.44. The van der Waals surface area contributed by atoms with Gasteiger partial charge in [-0.2, -0.15) is 0 Å². The summed E-state index contributed by atoms with van der Waals surface area (Å²) in [5, 5.41) is 0. The number of carbonyl (C=O) groups is 1. The van der Waals surface area contributed by atoms with Crippen LogP contribution in [0.25, 0.3) is 0 Å². The second-order valence-electron chi connectivity index (χ2n) is 6.32. The summed E-state index contributed by atoms with van der Waals surface area (Å²) in [6.07, 6.45) is 0.177. The molecular formula is C20H20O4. The molecule has 0 aromatic heterocycles. The number of benzene rings is 2. The number of carbonyl (C=O) groups excluding carboxylic acids is 1. The van der Waals surface area contributed by atoms with Gasteiger partial charge in [-0.1, -0.05) is 60.7 Å². The maximum atomic E-state index is 11.8. The molecule has 0 unspecified atom stereocenters. The Morgan fingerprint density at radius 3 is 2.46 bits per heavy atom. The van der Waals surface area contributed by atoms with Crippen molar-refractivity contribution in [2.75, 3.05) is 0 Å². The van der Waals surface area contributed by atoms with Crippen LogP contribution in [0.2, 0.25) is 0 Å². The number of fused-ring (bicyclic) bond motifs is 2. The monoisotopic (exact) mass is 324 g/mol. The van der Waals surface area contributed by atoms with Crippen molar-refractivity contribution in [2.24, 2.45) is 0 Å². The first-order valence-corrected chi connectivity index (χ1v) is 8.35. The van der Waals surface area contributed by atoms with Crippen LogP contribution in [-0.4, -0.2) is 24.3 Å². The van der Waals surface area contributed by atoms with Crippen LogP contribution in [0.4, 0.5) is 0 Å². The third-order valence-electron chi connectivity index (χ3n) is 4.59. The van der Waals surface area contributed by atoms with Gasteiger partial charge in [0, 0.05) is 6.42 Å². The summed E-state index contributed by atoms with van der Waals surface area (Å²) in [7, 11) is 0. The lowest BCUT2D eigenvalue weighted by Crippen LogP contribution is -2.51. The first kappa shape index (κ1) is 15.4. The van der Waals surface area contributed by atoms with E-state index in [0.29, 0.717) is 19.4 Å². The smallest absolute Gasteiger partial charge is 0.308 e. The summed E-state index contributed by atoms with van der Waals surface area (Å²) in [6, 6.07) is 20.0. The normalized spacial score (nSPS) is 29.1. The minimum absolute atomic E-state index is 0.0852. The fraction of sp³-hybridized carbons (Fsp3) is 0.350. The van der Waals surface area contributed by atoms with Crippen LogP contribution in [0.3, 0.4) is 0 Å². The maximum absolute atomic E-state index is 11.8. The zero-order valence-corrected chi connectivity index (χ0v) is 13.3. The van der Waals surface area contributed by atoms with Gasteiger partial charge < -0.3 is 14.2 Å². The molecule has 2 aliphatic rings. The summed E-state index contributed by atoms with van der Waals surface area (Å²) in [5.41, 5.74) is 2.15. The van der Waals surface area contributed by atoms with Crippen molar-refractivity contribution >= 4 is 5.97 Å². The topological polar surface area (TPSA) is 44.8 Å². The fourth-order valence-electron chi connectivity index (χ4n) is 3.45. The van der Waals surface area contributed by atoms with E-state index in [1.54, 1.807) is 0 Å². The molecule has 2 heterocycles. The Morgan fingerprint density at radius 2 is 1.71 bits per heavy atom. The highest BCUT2D eigenvalue weighted by Gasteiger charge is 2.46. The Morgan fingerprint density at radius 1 is 1.00 bits per heavy atom. The van der Waals surface area contributed by atoms with Crippen molar-refractivity contribution in [1.82, 2.24) is 0 Å². The summed E-state index contributed by atoms with van der Waals surface area (Å²) in [5.74, 6) is -0.198. The van der Waals surface area contributed by atoms with Gasteiger partial charge in [-0.05, 0) is 11.1 Å². The van der Waals surface area contributed by atoms with E-state index in [-0.39, 0.29) is 30.4 Å². The average molecular weight is 324 g/mol. The van der Waals surface area contributed by atoms with Gasteiger partial charge >= 0.3 is 5.97 Å². The van der Waals surface area contributed by atoms with Gasteiger partial charge in [0.2, 0.25) is 0 Å². The molecule has 24 heavy (non-hydrogen) atoms. The van der Waals surface area contributed by atoms with Crippen molar-refractivity contribution < 1.29 is 19.0 Å². The largest absolute Gasteiger partial charge is 0.459 e. The number of hydrogen-bond donors (Lipinski definition) is 0. The summed E-state index contributed by atoms with van der Waals surface area (Å²) >= 11 is 0. The molecule has 0 aliphatic carbocycles. The van der Waals surface area contributed by atoms with E-state index in [4.69, 9.17) is 14.2 Å². The molecule has 0 radical (unpaired) electrons. The molecule has 4 rings (SSSR count). The Bertz CT molecular complexity index is 685. The maximum Gasteiger partial charge on any atom is 0.308 e. The summed E-state index contributed by atoms with van der Waals surface area (Å²) in [6.45, 7) is 0.469. The molecule has 0 amide bonds. The zero-order valence-electron chi connectivity index (χ0n) is 13.3. The molecule has 0 saturated carbocycles. The van der Waals surface area contributed by atoms with Gasteiger partial charge in [0.05, 0.1) is 19.1 Å². The molecule has 0 spiro atoms. The van der Waals surface area contributed by atoms with Crippen molar-refractivity contribution in [3.8, 4) is 0 Å². The average Bonchev–Trinajstić information content (AvgIpc) is 2.62. The Kier molecular flexibility index (Phi) is 4.32. The van der Waals surface area contributed by atoms with E-state index >= 15 is 0 Å². The zero-order chi connectivity index (χ0) is 16.4. The Labute approximate surface area is 141 Å². The molecular weight excluding hydrogens is 304 g/mol. The van der Waals surface area contributed by atoms with Crippen LogP contribution in [0.1, 0.15) is 30.1 Å². The number of rotatable bonds is 4. The second-order valence-corrected chi connectivity index (χ2v) is 6.32. The predicted molar refractivity (Wildman–Crippen MR) is 88.2 cm³/mol. The van der Waals surface area contributed by atoms with E-state index in [9.17, 15) is 4.79 Å². The SMILES string of the molecule is O=C1C[C@@H]2C[C@H](O1)[C@@H](OCc1ccccc1)[C@H](c1ccccc1)O2. The quantitative estimate of drug-likeness (QED) is 0.809. The minimum Gasteiger partial charge on any atom is -0.459 e. The van der Waals surface area contributed by atoms with Crippen molar-refractivity contribution in [1.29, 1.82) is 0 Å². The molecule has 2 aromatic carbocycles. The molecule has 124 valence electrons. The molecule has 4 atom stereocenters. The number of esters is 1. The van der Waals surface area contributed by atoms with E-state index in [1.165, 1.54) is 0 Å². The van der Waals surface area contributed by atoms with Crippen LogP contribution in [0.5, 0.6) is 0 Å². The van der Waals surface area contributed by atoms with Crippen LogP contribution < -0.4 is 0 Å². The van der Waals surface area contributed by atoms with Gasteiger partial charge in [-0.15, -0.1) is 0 Å². The molecule has 2 saturated heterocycles. The summed E-state index contributed by atoms with van der Waals surface area (Å²) < 4.78 is 17.9. The first-order valence-electron chi connectivity index (χ1n) is 8.35. The molecule has 2 aromatic rings. The predicted octanol–water partition coefficient (Wildman–Crippen LogP) is 3.42. The van der Waals surface area contributed by atoms with Crippen LogP contribution >= 0.6 is 0 Å². The third-order valence-corrected chi connectivity index (χ3v) is 4.59. The Balaban J connectivity index is 1.57. The van der Waals surface area contributed by atoms with Crippen LogP contribution in [0.15, 0.2) is 60.7 Å². The highest BCUT2D eigenvalue weighted by Crippen LogP contribution is 2.39. The molecule has 4 heteroatoms. The standard InChI is InChI=1S/C20H20O4/c21-18-12-16-11-17(24-18)20(22-13-14-7-3-1-4-8-14)19(23-16)15-9-5-2-6-10-15/h1-10,16-17,19-20H,11-13H2/t16-,17-,19-,20+/m0/s1. The second kappa shape index (κ2) is 6.75. The molecule has 0 N–H and O–H groups in total. The van der Waals surface area contributed by atoms with Gasteiger partial charge in [0.25, 0.3) is 0 Å². The third kappa shape index (κ3) is 3.21. The van der Waals surface area contributed by atoms with Gasteiger partial charge in [0.15, 0.2) is 0 Å². The van der Waals surface area contributed by atoms with Crippen molar-refractivity contribution in [2.45, 2.75) is 43.9 Å². The van der Waals surface area contributed by atoms with Gasteiger partial charge in [0.1, 0.15) is 18.3 Å². The number of hydrogen-bond acceptors (Lipinski definition) is 4. The van der Waals surface area contributed by atoms with Crippen molar-refractivity contribution in [3.05, 3.63) is 71.8 Å². The van der Waals surface area contributed by atoms with Gasteiger partial charge in [-0.3, -0.25) is 4.79 Å². The van der Waals surface area contributed by atoms with E-state index in [0.717, 1.165) is 11.1 Å². The van der Waals surface area contributed by atoms with Crippen LogP contribution in [0, 0.1) is 0 Å². The fourth-order valence-corrected chi connectivity index (χ4v) is 3.45.